The Kier molecular flexibility index (Phi) is 2.24. The van der Waals surface area contributed by atoms with Crippen LogP contribution >= 0.6 is 0 Å². The normalized spacial score (nSPS) is 18.6. The molecule has 2 aliphatic rings. The molecule has 10 heteroatoms. The summed E-state index contributed by atoms with van der Waals surface area (Å²) in [5.41, 5.74) is 21.5. The largest absolute Gasteiger partial charge is 0.370 e. The van der Waals surface area contributed by atoms with Crippen LogP contribution in [0.15, 0.2) is 37.4 Å². The van der Waals surface area contributed by atoms with Crippen LogP contribution in [0.5, 0.6) is 0 Å². The lowest BCUT2D eigenvalue weighted by molar-refractivity contribution is 0.705. The van der Waals surface area contributed by atoms with Gasteiger partial charge in [-0.25, -0.2) is 4.90 Å². The van der Waals surface area contributed by atoms with Gasteiger partial charge in [-0.3, -0.25) is 0 Å². The van der Waals surface area contributed by atoms with Crippen LogP contribution < -0.4 is 22.9 Å². The van der Waals surface area contributed by atoms with Crippen molar-refractivity contribution >= 4 is 29.8 Å². The number of nitrogens with two attached hydrogens (primary N) is 4. The molecule has 0 aromatic rings. The maximum absolute atomic E-state index is 5.49. The van der Waals surface area contributed by atoms with E-state index in [1.807, 2.05) is 0 Å². The van der Waals surface area contributed by atoms with E-state index in [9.17, 15) is 0 Å². The molecule has 0 aliphatic carbocycles. The lowest BCUT2D eigenvalue weighted by Gasteiger charge is -2.26. The molecule has 0 amide bonds. The summed E-state index contributed by atoms with van der Waals surface area (Å²) in [6.07, 6.45) is 0. The van der Waals surface area contributed by atoms with Crippen LogP contribution in [0.2, 0.25) is 0 Å². The minimum atomic E-state index is -0.187. The molecular formula is C7H10N10. The van der Waals surface area contributed by atoms with Gasteiger partial charge in [0.2, 0.25) is 23.8 Å². The Morgan fingerprint density at radius 3 is 2.35 bits per heavy atom. The lowest BCUT2D eigenvalue weighted by atomic mass is 10.5. The molecule has 2 heterocycles. The molecule has 0 atom stereocenters. The van der Waals surface area contributed by atoms with Gasteiger partial charge in [0.15, 0.2) is 5.96 Å². The Hall–Kier alpha value is -2.91. The van der Waals surface area contributed by atoms with E-state index < -0.39 is 0 Å². The van der Waals surface area contributed by atoms with Crippen LogP contribution in [0.4, 0.5) is 0 Å². The Morgan fingerprint density at radius 2 is 1.71 bits per heavy atom. The fourth-order valence-electron chi connectivity index (χ4n) is 1.23. The summed E-state index contributed by atoms with van der Waals surface area (Å²) in [5.74, 6) is 0.277. The second-order valence-electron chi connectivity index (χ2n) is 3.05. The number of fused-ring (bicyclic) bond motifs is 1. The molecule has 2 aliphatic heterocycles. The second kappa shape index (κ2) is 3.59. The lowest BCUT2D eigenvalue weighted by Crippen LogP contribution is -2.43. The first-order valence-corrected chi connectivity index (χ1v) is 4.42. The highest BCUT2D eigenvalue weighted by atomic mass is 15.5. The minimum Gasteiger partial charge on any atom is -0.370 e. The van der Waals surface area contributed by atoms with Crippen LogP contribution in [-0.4, -0.2) is 34.7 Å². The molecule has 17 heavy (non-hydrogen) atoms. The van der Waals surface area contributed by atoms with Crippen LogP contribution in [0.3, 0.4) is 0 Å². The Labute approximate surface area is 95.8 Å². The molecule has 0 saturated carbocycles. The number of nitrogens with zero attached hydrogens (tertiary/aromatic N) is 6. The molecule has 0 radical (unpaired) electrons. The zero-order valence-electron chi connectivity index (χ0n) is 8.70. The van der Waals surface area contributed by atoms with Crippen molar-refractivity contribution in [1.82, 2.24) is 4.90 Å². The van der Waals surface area contributed by atoms with Gasteiger partial charge in [-0.15, -0.1) is 0 Å². The Bertz CT molecular complexity index is 529. The fraction of sp³-hybridized carbons (Fsp3) is 0. The average molecular weight is 234 g/mol. The van der Waals surface area contributed by atoms with Gasteiger partial charge < -0.3 is 22.9 Å². The summed E-state index contributed by atoms with van der Waals surface area (Å²) in [6.45, 7) is 3.67. The zero-order valence-corrected chi connectivity index (χ0v) is 8.70. The monoisotopic (exact) mass is 234 g/mol. The van der Waals surface area contributed by atoms with Gasteiger partial charge in [0.1, 0.15) is 5.82 Å². The summed E-state index contributed by atoms with van der Waals surface area (Å²) < 4.78 is 0. The molecule has 0 spiro atoms. The summed E-state index contributed by atoms with van der Waals surface area (Å²) in [4.78, 5) is 20.6. The number of hydrogen-bond acceptors (Lipinski definition) is 8. The Balaban J connectivity index is 2.51. The minimum absolute atomic E-state index is 0.0174. The van der Waals surface area contributed by atoms with Crippen molar-refractivity contribution in [1.29, 1.82) is 0 Å². The van der Waals surface area contributed by atoms with Crippen molar-refractivity contribution in [2.45, 2.75) is 0 Å². The average Bonchev–Trinajstić information content (AvgIpc) is 2.13. The van der Waals surface area contributed by atoms with Gasteiger partial charge in [-0.2, -0.15) is 25.0 Å². The number of aliphatic imine (C=N–C) groups is 5. The van der Waals surface area contributed by atoms with Crippen molar-refractivity contribution in [2.24, 2.45) is 47.9 Å². The van der Waals surface area contributed by atoms with Crippen LogP contribution in [0, 0.1) is 0 Å². The van der Waals surface area contributed by atoms with Crippen LogP contribution in [0.25, 0.3) is 0 Å². The molecule has 88 valence electrons. The van der Waals surface area contributed by atoms with Crippen LogP contribution in [0.1, 0.15) is 0 Å². The van der Waals surface area contributed by atoms with Crippen molar-refractivity contribution in [2.75, 3.05) is 0 Å². The Morgan fingerprint density at radius 1 is 1.06 bits per heavy atom. The maximum Gasteiger partial charge on any atom is 0.244 e. The SMILES string of the molecule is C=C1N=C(N)N=C2N=C(N)N=C(N=C(N)N)N12. The summed E-state index contributed by atoms with van der Waals surface area (Å²) in [5, 5.41) is 0. The summed E-state index contributed by atoms with van der Waals surface area (Å²) in [6, 6.07) is 0. The van der Waals surface area contributed by atoms with Gasteiger partial charge in [0.25, 0.3) is 0 Å². The van der Waals surface area contributed by atoms with E-state index in [-0.39, 0.29) is 35.6 Å². The van der Waals surface area contributed by atoms with Gasteiger partial charge >= 0.3 is 0 Å². The molecule has 0 bridgehead atoms. The molecule has 0 unspecified atom stereocenters. The van der Waals surface area contributed by atoms with Crippen molar-refractivity contribution in [3.8, 4) is 0 Å². The topological polar surface area (TPSA) is 169 Å². The standard InChI is InChI=1S/C7H10N10/c1-2-12-4(10)14-7-16-5(11)15-6(17(2)7)13-3(8)9/h1H2,(H8,8,9,10,11,12,13,14,15,16). The van der Waals surface area contributed by atoms with E-state index in [0.29, 0.717) is 0 Å². The van der Waals surface area contributed by atoms with Gasteiger partial charge in [0.05, 0.1) is 0 Å². The molecule has 2 rings (SSSR count). The molecule has 10 nitrogen and oxygen atoms in total. The van der Waals surface area contributed by atoms with Gasteiger partial charge in [-0.1, -0.05) is 6.58 Å². The van der Waals surface area contributed by atoms with E-state index in [1.165, 1.54) is 4.90 Å². The summed E-state index contributed by atoms with van der Waals surface area (Å²) >= 11 is 0. The first kappa shape index (κ1) is 10.6. The van der Waals surface area contributed by atoms with E-state index in [0.717, 1.165) is 0 Å². The van der Waals surface area contributed by atoms with Crippen molar-refractivity contribution in [3.05, 3.63) is 12.4 Å². The van der Waals surface area contributed by atoms with E-state index >= 15 is 0 Å². The third-order valence-electron chi connectivity index (χ3n) is 1.77. The fourth-order valence-corrected chi connectivity index (χ4v) is 1.23. The summed E-state index contributed by atoms with van der Waals surface area (Å²) in [7, 11) is 0. The highest BCUT2D eigenvalue weighted by Gasteiger charge is 2.28. The van der Waals surface area contributed by atoms with Crippen molar-refractivity contribution < 1.29 is 0 Å². The first-order valence-electron chi connectivity index (χ1n) is 4.42. The van der Waals surface area contributed by atoms with E-state index in [2.05, 4.69) is 31.5 Å². The smallest absolute Gasteiger partial charge is 0.244 e. The third-order valence-corrected chi connectivity index (χ3v) is 1.77. The van der Waals surface area contributed by atoms with Crippen LogP contribution in [-0.2, 0) is 0 Å². The predicted molar refractivity (Wildman–Crippen MR) is 64.9 cm³/mol. The van der Waals surface area contributed by atoms with Gasteiger partial charge in [0, 0.05) is 0 Å². The number of hydrogen-bond donors (Lipinski definition) is 4. The molecule has 0 aromatic heterocycles. The molecule has 8 N–H and O–H groups in total. The molecule has 0 saturated heterocycles. The van der Waals surface area contributed by atoms with E-state index in [4.69, 9.17) is 22.9 Å². The molecular weight excluding hydrogens is 224 g/mol. The first-order chi connectivity index (χ1) is 7.97. The van der Waals surface area contributed by atoms with Gasteiger partial charge in [-0.05, 0) is 0 Å². The second-order valence-corrected chi connectivity index (χ2v) is 3.05. The molecule has 0 fully saturated rings. The number of rotatable bonds is 0. The highest BCUT2D eigenvalue weighted by molar-refractivity contribution is 6.17. The quantitative estimate of drug-likeness (QED) is 0.265. The third kappa shape index (κ3) is 1.90. The zero-order chi connectivity index (χ0) is 12.6. The van der Waals surface area contributed by atoms with Crippen molar-refractivity contribution in [3.63, 3.8) is 0 Å². The predicted octanol–water partition coefficient (Wildman–Crippen LogP) is -2.60. The molecule has 0 aromatic carbocycles. The maximum atomic E-state index is 5.49. The number of guanidine groups is 5. The highest BCUT2D eigenvalue weighted by Crippen LogP contribution is 2.16. The van der Waals surface area contributed by atoms with E-state index in [1.54, 1.807) is 0 Å².